The first-order chi connectivity index (χ1) is 15.7. The first-order valence-electron chi connectivity index (χ1n) is 11.1. The molecule has 0 aliphatic heterocycles. The molecule has 0 saturated heterocycles. The molecule has 168 valence electrons. The third-order valence-corrected chi connectivity index (χ3v) is 6.04. The Morgan fingerprint density at radius 3 is 2.09 bits per heavy atom. The van der Waals surface area contributed by atoms with Crippen LogP contribution < -0.4 is 16.2 Å². The van der Waals surface area contributed by atoms with Crippen LogP contribution in [0.5, 0.6) is 0 Å². The van der Waals surface area contributed by atoms with Crippen molar-refractivity contribution < 1.29 is 4.79 Å². The second kappa shape index (κ2) is 8.94. The van der Waals surface area contributed by atoms with E-state index < -0.39 is 0 Å². The number of aromatic nitrogens is 1. The quantitative estimate of drug-likeness (QED) is 0.425. The van der Waals surface area contributed by atoms with E-state index in [1.807, 2.05) is 70.2 Å². The summed E-state index contributed by atoms with van der Waals surface area (Å²) >= 11 is 0. The number of amides is 2. The van der Waals surface area contributed by atoms with E-state index in [1.165, 1.54) is 4.57 Å². The Morgan fingerprint density at radius 1 is 0.848 bits per heavy atom. The van der Waals surface area contributed by atoms with Crippen LogP contribution in [0, 0.1) is 27.7 Å². The number of urea groups is 1. The van der Waals surface area contributed by atoms with Gasteiger partial charge in [0.25, 0.3) is 5.56 Å². The maximum atomic E-state index is 13.2. The molecule has 5 nitrogen and oxygen atoms in total. The van der Waals surface area contributed by atoms with Crippen molar-refractivity contribution in [3.8, 4) is 11.1 Å². The predicted octanol–water partition coefficient (Wildman–Crippen LogP) is 5.76. The molecule has 2 amide bonds. The fourth-order valence-electron chi connectivity index (χ4n) is 4.33. The number of nitrogens with one attached hydrogen (secondary N) is 2. The Bertz CT molecular complexity index is 1400. The van der Waals surface area contributed by atoms with E-state index in [0.29, 0.717) is 17.7 Å². The molecule has 0 saturated carbocycles. The maximum absolute atomic E-state index is 13.2. The number of hydrogen-bond donors (Lipinski definition) is 2. The second-order valence-electron chi connectivity index (χ2n) is 8.74. The Kier molecular flexibility index (Phi) is 6.05. The molecule has 4 aromatic rings. The first-order valence-corrected chi connectivity index (χ1v) is 11.1. The molecular weight excluding hydrogens is 410 g/mol. The number of benzene rings is 3. The summed E-state index contributed by atoms with van der Waals surface area (Å²) in [6.07, 6.45) is 0. The lowest BCUT2D eigenvalue weighted by Crippen LogP contribution is -2.32. The molecule has 4 rings (SSSR count). The van der Waals surface area contributed by atoms with Gasteiger partial charge in [0.2, 0.25) is 0 Å². The van der Waals surface area contributed by atoms with E-state index in [0.717, 1.165) is 44.3 Å². The lowest BCUT2D eigenvalue weighted by molar-refractivity contribution is 0.251. The SMILES string of the molecule is Cc1cc(C)cc(CNC(=O)Nc2c(-c3ccccc3)c3cc(C)c(C)cc3c(=O)n2C)c1. The largest absolute Gasteiger partial charge is 0.334 e. The predicted molar refractivity (Wildman–Crippen MR) is 136 cm³/mol. The van der Waals surface area contributed by atoms with Crippen LogP contribution in [0.15, 0.2) is 65.5 Å². The molecule has 0 bridgehead atoms. The summed E-state index contributed by atoms with van der Waals surface area (Å²) < 4.78 is 1.52. The van der Waals surface area contributed by atoms with Gasteiger partial charge in [0.1, 0.15) is 5.82 Å². The van der Waals surface area contributed by atoms with Gasteiger partial charge in [-0.05, 0) is 61.4 Å². The van der Waals surface area contributed by atoms with Crippen molar-refractivity contribution in [2.45, 2.75) is 34.2 Å². The van der Waals surface area contributed by atoms with Gasteiger partial charge in [0, 0.05) is 24.5 Å². The summed E-state index contributed by atoms with van der Waals surface area (Å²) in [5.74, 6) is 0.472. The zero-order valence-corrected chi connectivity index (χ0v) is 19.7. The summed E-state index contributed by atoms with van der Waals surface area (Å²) in [4.78, 5) is 26.1. The monoisotopic (exact) mass is 439 g/mol. The number of fused-ring (bicyclic) bond motifs is 1. The average molecular weight is 440 g/mol. The molecule has 5 heteroatoms. The molecule has 0 spiro atoms. The summed E-state index contributed by atoms with van der Waals surface area (Å²) in [7, 11) is 1.70. The molecule has 0 fully saturated rings. The highest BCUT2D eigenvalue weighted by Crippen LogP contribution is 2.34. The summed E-state index contributed by atoms with van der Waals surface area (Å²) in [6.45, 7) is 8.51. The fraction of sp³-hybridized carbons (Fsp3) is 0.214. The Hall–Kier alpha value is -3.86. The van der Waals surface area contributed by atoms with E-state index in [2.05, 4.69) is 28.8 Å². The minimum atomic E-state index is -0.357. The maximum Gasteiger partial charge on any atom is 0.320 e. The highest BCUT2D eigenvalue weighted by molar-refractivity contribution is 6.05. The standard InChI is InChI=1S/C28H29N3O2/c1-17-11-18(2)13-21(12-17)16-29-28(33)30-26-25(22-9-7-6-8-10-22)23-14-19(3)20(4)15-24(23)27(32)31(26)5/h6-15H,16H2,1-5H3,(H2,29,30,33). The smallest absolute Gasteiger partial charge is 0.320 e. The molecule has 33 heavy (non-hydrogen) atoms. The van der Waals surface area contributed by atoms with Crippen molar-refractivity contribution in [1.29, 1.82) is 0 Å². The lowest BCUT2D eigenvalue weighted by atomic mass is 9.96. The molecule has 1 aromatic heterocycles. The van der Waals surface area contributed by atoms with E-state index >= 15 is 0 Å². The zero-order chi connectivity index (χ0) is 23.7. The van der Waals surface area contributed by atoms with Gasteiger partial charge in [0.15, 0.2) is 0 Å². The fourth-order valence-corrected chi connectivity index (χ4v) is 4.33. The molecule has 1 heterocycles. The number of nitrogens with zero attached hydrogens (tertiary/aromatic N) is 1. The molecule has 0 radical (unpaired) electrons. The van der Waals surface area contributed by atoms with Gasteiger partial charge in [0.05, 0.1) is 0 Å². The Morgan fingerprint density at radius 2 is 1.45 bits per heavy atom. The van der Waals surface area contributed by atoms with Crippen LogP contribution in [0.25, 0.3) is 21.9 Å². The third-order valence-electron chi connectivity index (χ3n) is 6.04. The minimum Gasteiger partial charge on any atom is -0.334 e. The van der Waals surface area contributed by atoms with Crippen molar-refractivity contribution >= 4 is 22.6 Å². The van der Waals surface area contributed by atoms with E-state index in [9.17, 15) is 9.59 Å². The normalized spacial score (nSPS) is 10.9. The number of hydrogen-bond acceptors (Lipinski definition) is 2. The molecule has 0 atom stereocenters. The second-order valence-corrected chi connectivity index (χ2v) is 8.74. The number of carbonyl (C=O) groups excluding carboxylic acids is 1. The highest BCUT2D eigenvalue weighted by Gasteiger charge is 2.19. The molecular formula is C28H29N3O2. The van der Waals surface area contributed by atoms with E-state index in [1.54, 1.807) is 7.05 Å². The van der Waals surface area contributed by atoms with Crippen molar-refractivity contribution in [2.24, 2.45) is 7.05 Å². The van der Waals surface area contributed by atoms with Gasteiger partial charge in [-0.3, -0.25) is 14.7 Å². The summed E-state index contributed by atoms with van der Waals surface area (Å²) in [5.41, 5.74) is 7.12. The summed E-state index contributed by atoms with van der Waals surface area (Å²) in [5, 5.41) is 7.36. The van der Waals surface area contributed by atoms with Crippen LogP contribution >= 0.6 is 0 Å². The number of anilines is 1. The lowest BCUT2D eigenvalue weighted by Gasteiger charge is -2.19. The van der Waals surface area contributed by atoms with Gasteiger partial charge in [-0.25, -0.2) is 4.79 Å². The van der Waals surface area contributed by atoms with Crippen molar-refractivity contribution in [3.63, 3.8) is 0 Å². The van der Waals surface area contributed by atoms with Gasteiger partial charge < -0.3 is 5.32 Å². The van der Waals surface area contributed by atoms with Gasteiger partial charge >= 0.3 is 6.03 Å². The molecule has 3 aromatic carbocycles. The molecule has 0 aliphatic carbocycles. The van der Waals surface area contributed by atoms with Crippen molar-refractivity contribution in [3.05, 3.63) is 98.8 Å². The molecule has 0 aliphatic rings. The Balaban J connectivity index is 1.78. The van der Waals surface area contributed by atoms with Crippen LogP contribution in [-0.4, -0.2) is 10.6 Å². The molecule has 0 unspecified atom stereocenters. The zero-order valence-electron chi connectivity index (χ0n) is 19.7. The van der Waals surface area contributed by atoms with Crippen molar-refractivity contribution in [1.82, 2.24) is 9.88 Å². The molecule has 2 N–H and O–H groups in total. The summed E-state index contributed by atoms with van der Waals surface area (Å²) in [6, 6.07) is 19.7. The number of rotatable bonds is 4. The van der Waals surface area contributed by atoms with Crippen LogP contribution in [0.3, 0.4) is 0 Å². The van der Waals surface area contributed by atoms with Crippen molar-refractivity contribution in [2.75, 3.05) is 5.32 Å². The van der Waals surface area contributed by atoms with Crippen LogP contribution in [-0.2, 0) is 13.6 Å². The van der Waals surface area contributed by atoms with E-state index in [-0.39, 0.29) is 11.6 Å². The Labute approximate surface area is 194 Å². The number of carbonyl (C=O) groups is 1. The van der Waals surface area contributed by atoms with Crippen LogP contribution in [0.4, 0.5) is 10.6 Å². The average Bonchev–Trinajstić information content (AvgIpc) is 2.77. The van der Waals surface area contributed by atoms with Gasteiger partial charge in [-0.15, -0.1) is 0 Å². The minimum absolute atomic E-state index is 0.141. The third kappa shape index (κ3) is 4.53. The number of aryl methyl sites for hydroxylation is 4. The van der Waals surface area contributed by atoms with Crippen LogP contribution in [0.1, 0.15) is 27.8 Å². The topological polar surface area (TPSA) is 63.1 Å². The highest BCUT2D eigenvalue weighted by atomic mass is 16.2. The first kappa shape index (κ1) is 22.3. The number of pyridine rings is 1. The van der Waals surface area contributed by atoms with Gasteiger partial charge in [-0.1, -0.05) is 65.7 Å². The van der Waals surface area contributed by atoms with E-state index in [4.69, 9.17) is 0 Å². The van der Waals surface area contributed by atoms with Crippen LogP contribution in [0.2, 0.25) is 0 Å². The van der Waals surface area contributed by atoms with Gasteiger partial charge in [-0.2, -0.15) is 0 Å².